The van der Waals surface area contributed by atoms with E-state index in [0.29, 0.717) is 6.10 Å². The highest BCUT2D eigenvalue weighted by Crippen LogP contribution is 2.26. The van der Waals surface area contributed by atoms with E-state index in [1.165, 1.54) is 25.7 Å². The average Bonchev–Trinajstić information content (AvgIpc) is 2.96. The third-order valence-electron chi connectivity index (χ3n) is 5.52. The first-order valence-corrected chi connectivity index (χ1v) is 9.25. The summed E-state index contributed by atoms with van der Waals surface area (Å²) in [5, 5.41) is 0. The largest absolute Gasteiger partial charge is 0.377 e. The van der Waals surface area contributed by atoms with Crippen LogP contribution in [0.3, 0.4) is 0 Å². The quantitative estimate of drug-likeness (QED) is 0.804. The zero-order chi connectivity index (χ0) is 16.1. The van der Waals surface area contributed by atoms with Crippen LogP contribution >= 0.6 is 0 Å². The molecule has 1 aliphatic heterocycles. The predicted octanol–water partition coefficient (Wildman–Crippen LogP) is 2.13. The van der Waals surface area contributed by atoms with Crippen LogP contribution in [0.25, 0.3) is 0 Å². The second kappa shape index (κ2) is 8.27. The molecule has 0 amide bonds. The smallest absolute Gasteiger partial charge is 0.122 e. The minimum atomic E-state index is 0.508. The van der Waals surface area contributed by atoms with Gasteiger partial charge < -0.3 is 9.30 Å². The molecule has 3 rings (SSSR count). The molecule has 2 fully saturated rings. The molecule has 0 unspecified atom stereocenters. The zero-order valence-corrected chi connectivity index (χ0v) is 14.8. The summed E-state index contributed by atoms with van der Waals surface area (Å²) < 4.78 is 8.27. The Hall–Kier alpha value is -0.910. The van der Waals surface area contributed by atoms with Crippen molar-refractivity contribution in [1.82, 2.24) is 19.4 Å². The molecule has 2 atom stereocenters. The Morgan fingerprint density at radius 2 is 1.87 bits per heavy atom. The van der Waals surface area contributed by atoms with Gasteiger partial charge in [0.15, 0.2) is 0 Å². The minimum absolute atomic E-state index is 0.508. The van der Waals surface area contributed by atoms with Crippen LogP contribution in [0.5, 0.6) is 0 Å². The predicted molar refractivity (Wildman–Crippen MR) is 92.3 cm³/mol. The van der Waals surface area contributed by atoms with Crippen LogP contribution in [0.1, 0.15) is 38.4 Å². The molecule has 2 aliphatic rings. The molecule has 0 bridgehead atoms. The van der Waals surface area contributed by atoms with Gasteiger partial charge in [0.05, 0.1) is 19.3 Å². The molecule has 1 aliphatic carbocycles. The molecule has 23 heavy (non-hydrogen) atoms. The van der Waals surface area contributed by atoms with E-state index < -0.39 is 0 Å². The summed E-state index contributed by atoms with van der Waals surface area (Å²) >= 11 is 0. The summed E-state index contributed by atoms with van der Waals surface area (Å²) in [7, 11) is 2.07. The topological polar surface area (TPSA) is 33.5 Å². The zero-order valence-electron chi connectivity index (χ0n) is 14.8. The van der Waals surface area contributed by atoms with Crippen molar-refractivity contribution in [3.63, 3.8) is 0 Å². The summed E-state index contributed by atoms with van der Waals surface area (Å²) in [6.07, 6.45) is 9.76. The maximum Gasteiger partial charge on any atom is 0.122 e. The van der Waals surface area contributed by atoms with Crippen molar-refractivity contribution in [3.8, 4) is 0 Å². The van der Waals surface area contributed by atoms with Crippen molar-refractivity contribution in [2.45, 2.75) is 45.3 Å². The Labute approximate surface area is 140 Å². The van der Waals surface area contributed by atoms with Gasteiger partial charge in [0, 0.05) is 52.2 Å². The Morgan fingerprint density at radius 3 is 2.57 bits per heavy atom. The second-order valence-corrected chi connectivity index (χ2v) is 7.24. The van der Waals surface area contributed by atoms with Crippen LogP contribution in [0.2, 0.25) is 0 Å². The summed E-state index contributed by atoms with van der Waals surface area (Å²) in [5.74, 6) is 1.91. The minimum Gasteiger partial charge on any atom is -0.377 e. The Bertz CT molecular complexity index is 467. The first-order chi connectivity index (χ1) is 11.2. The summed E-state index contributed by atoms with van der Waals surface area (Å²) in [4.78, 5) is 9.47. The Kier molecular flexibility index (Phi) is 6.08. The van der Waals surface area contributed by atoms with Crippen molar-refractivity contribution in [1.29, 1.82) is 0 Å². The number of rotatable bonds is 6. The fraction of sp³-hybridized carbons (Fsp3) is 0.833. The molecule has 0 aromatic carbocycles. The molecule has 5 nitrogen and oxygen atoms in total. The fourth-order valence-corrected chi connectivity index (χ4v) is 3.78. The van der Waals surface area contributed by atoms with Gasteiger partial charge in [0.25, 0.3) is 0 Å². The van der Waals surface area contributed by atoms with Gasteiger partial charge in [-0.05, 0) is 18.8 Å². The van der Waals surface area contributed by atoms with E-state index in [0.717, 1.165) is 57.6 Å². The van der Waals surface area contributed by atoms with E-state index in [9.17, 15) is 0 Å². The number of imidazole rings is 1. The maximum atomic E-state index is 6.16. The highest BCUT2D eigenvalue weighted by atomic mass is 16.5. The third kappa shape index (κ3) is 4.78. The first kappa shape index (κ1) is 16.9. The lowest BCUT2D eigenvalue weighted by atomic mass is 9.88. The number of piperazine rings is 1. The van der Waals surface area contributed by atoms with E-state index in [2.05, 4.69) is 33.3 Å². The molecule has 1 aromatic rings. The van der Waals surface area contributed by atoms with E-state index in [4.69, 9.17) is 4.74 Å². The van der Waals surface area contributed by atoms with E-state index in [-0.39, 0.29) is 0 Å². The lowest BCUT2D eigenvalue weighted by Gasteiger charge is -2.35. The average molecular weight is 320 g/mol. The highest BCUT2D eigenvalue weighted by molar-refractivity contribution is 4.91. The molecule has 0 spiro atoms. The lowest BCUT2D eigenvalue weighted by molar-refractivity contribution is -0.0183. The SMILES string of the molecule is C[C@@H]1CCCC[C@H]1OCCN1CCN(Cc2nccn2C)CC1. The van der Waals surface area contributed by atoms with Gasteiger partial charge in [-0.3, -0.25) is 9.80 Å². The van der Waals surface area contributed by atoms with Crippen LogP contribution in [0.4, 0.5) is 0 Å². The molecule has 1 saturated heterocycles. The normalized spacial score (nSPS) is 27.4. The number of aromatic nitrogens is 2. The first-order valence-electron chi connectivity index (χ1n) is 9.25. The van der Waals surface area contributed by atoms with E-state index >= 15 is 0 Å². The van der Waals surface area contributed by atoms with Gasteiger partial charge in [-0.2, -0.15) is 0 Å². The molecule has 130 valence electrons. The second-order valence-electron chi connectivity index (χ2n) is 7.24. The molecule has 5 heteroatoms. The van der Waals surface area contributed by atoms with Crippen LogP contribution in [-0.4, -0.2) is 64.8 Å². The summed E-state index contributed by atoms with van der Waals surface area (Å²) in [6.45, 7) is 9.85. The van der Waals surface area contributed by atoms with Gasteiger partial charge in [0.1, 0.15) is 5.82 Å². The van der Waals surface area contributed by atoms with E-state index in [1.54, 1.807) is 0 Å². The van der Waals surface area contributed by atoms with Crippen molar-refractivity contribution in [3.05, 3.63) is 18.2 Å². The lowest BCUT2D eigenvalue weighted by Crippen LogP contribution is -2.47. The summed E-state index contributed by atoms with van der Waals surface area (Å²) in [5.41, 5.74) is 0. The number of aryl methyl sites for hydroxylation is 1. The Morgan fingerprint density at radius 1 is 1.13 bits per heavy atom. The molecular weight excluding hydrogens is 288 g/mol. The van der Waals surface area contributed by atoms with Gasteiger partial charge in [-0.15, -0.1) is 0 Å². The van der Waals surface area contributed by atoms with E-state index in [1.807, 2.05) is 12.4 Å². The van der Waals surface area contributed by atoms with Crippen molar-refractivity contribution < 1.29 is 4.74 Å². The molecule has 0 radical (unpaired) electrons. The number of hydrogen-bond acceptors (Lipinski definition) is 4. The van der Waals surface area contributed by atoms with Crippen molar-refractivity contribution in [2.75, 3.05) is 39.3 Å². The number of ether oxygens (including phenoxy) is 1. The molecule has 2 heterocycles. The molecule has 0 N–H and O–H groups in total. The molecular formula is C18H32N4O. The third-order valence-corrected chi connectivity index (χ3v) is 5.52. The van der Waals surface area contributed by atoms with Gasteiger partial charge in [-0.1, -0.05) is 19.8 Å². The highest BCUT2D eigenvalue weighted by Gasteiger charge is 2.22. The van der Waals surface area contributed by atoms with Crippen LogP contribution in [0.15, 0.2) is 12.4 Å². The maximum absolute atomic E-state index is 6.16. The van der Waals surface area contributed by atoms with Gasteiger partial charge >= 0.3 is 0 Å². The van der Waals surface area contributed by atoms with Crippen LogP contribution in [0, 0.1) is 5.92 Å². The monoisotopic (exact) mass is 320 g/mol. The standard InChI is InChI=1S/C18H32N4O/c1-16-5-3-4-6-17(16)23-14-13-21-9-11-22(12-10-21)15-18-19-7-8-20(18)2/h7-8,16-17H,3-6,9-15H2,1-2H3/t16-,17-/m1/s1. The number of nitrogens with zero attached hydrogens (tertiary/aromatic N) is 4. The molecule has 1 saturated carbocycles. The van der Waals surface area contributed by atoms with Crippen molar-refractivity contribution in [2.24, 2.45) is 13.0 Å². The van der Waals surface area contributed by atoms with Crippen LogP contribution < -0.4 is 0 Å². The Balaban J connectivity index is 1.32. The van der Waals surface area contributed by atoms with Crippen LogP contribution in [-0.2, 0) is 18.3 Å². The molecule has 1 aromatic heterocycles. The van der Waals surface area contributed by atoms with Crippen molar-refractivity contribution >= 4 is 0 Å². The van der Waals surface area contributed by atoms with Gasteiger partial charge in [0.2, 0.25) is 0 Å². The van der Waals surface area contributed by atoms with Gasteiger partial charge in [-0.25, -0.2) is 4.98 Å². The number of hydrogen-bond donors (Lipinski definition) is 0. The summed E-state index contributed by atoms with van der Waals surface area (Å²) in [6, 6.07) is 0. The fourth-order valence-electron chi connectivity index (χ4n) is 3.78.